The number of aliphatic hydroxyl groups is 1. The van der Waals surface area contributed by atoms with E-state index >= 15 is 0 Å². The molecule has 9 N–H and O–H groups in total. The minimum atomic E-state index is -5.02. The Labute approximate surface area is 99.7 Å². The third-order valence-corrected chi connectivity index (χ3v) is 1.28. The van der Waals surface area contributed by atoms with Crippen molar-refractivity contribution < 1.29 is 39.7 Å². The number of aliphatic hydroxyl groups excluding tert-OH is 1. The molecule has 0 fully saturated rings. The second-order valence-corrected chi connectivity index (χ2v) is 4.05. The van der Waals surface area contributed by atoms with Crippen molar-refractivity contribution >= 4 is 20.8 Å². The van der Waals surface area contributed by atoms with Crippen molar-refractivity contribution in [3.05, 3.63) is 0 Å². The maximum Gasteiger partial charge on any atom is 0.425 e. The molecule has 0 unspecified atom stereocenters. The lowest BCUT2D eigenvalue weighted by Crippen LogP contribution is -2.10. The van der Waals surface area contributed by atoms with E-state index in [4.69, 9.17) is 14.2 Å². The third-order valence-electron chi connectivity index (χ3n) is 0.711. The summed E-state index contributed by atoms with van der Waals surface area (Å²) in [4.78, 5) is 0. The van der Waals surface area contributed by atoms with Gasteiger partial charge >= 0.3 is 20.8 Å². The molecule has 0 amide bonds. The third kappa shape index (κ3) is 39.0. The van der Waals surface area contributed by atoms with Crippen LogP contribution in [0.5, 0.6) is 0 Å². The van der Waals surface area contributed by atoms with Gasteiger partial charge in [0.05, 0.1) is 0 Å². The molecule has 0 rings (SSSR count). The highest BCUT2D eigenvalue weighted by molar-refractivity contribution is 7.83. The van der Waals surface area contributed by atoms with Crippen LogP contribution >= 0.6 is 0 Å². The number of hydrogen-bond donors (Lipinski definition) is 5. The Morgan fingerprint density at radius 2 is 1.24 bits per heavy atom. The summed E-state index contributed by atoms with van der Waals surface area (Å²) in [6.45, 7) is 2.40. The molecular weight excluding hydrogens is 284 g/mol. The molecule has 0 saturated heterocycles. The van der Waals surface area contributed by atoms with Gasteiger partial charge in [-0.05, 0) is 6.42 Å². The zero-order valence-corrected chi connectivity index (χ0v) is 10.8. The molecule has 0 spiro atoms. The van der Waals surface area contributed by atoms with E-state index in [0.29, 0.717) is 6.61 Å². The summed E-state index contributed by atoms with van der Waals surface area (Å²) < 4.78 is 58.9. The van der Waals surface area contributed by atoms with Gasteiger partial charge in [-0.15, -0.1) is 0 Å². The van der Waals surface area contributed by atoms with Gasteiger partial charge in [0.2, 0.25) is 0 Å². The quantitative estimate of drug-likeness (QED) is 0.251. The first-order valence-electron chi connectivity index (χ1n) is 3.56. The Hall–Kier alpha value is -0.380. The van der Waals surface area contributed by atoms with Crippen molar-refractivity contribution in [2.24, 2.45) is 0 Å². The van der Waals surface area contributed by atoms with Crippen molar-refractivity contribution in [1.82, 2.24) is 12.3 Å². The molecular formula is C4H18N2O9S2. The lowest BCUT2D eigenvalue weighted by atomic mass is 10.4. The molecule has 0 aliphatic rings. The van der Waals surface area contributed by atoms with E-state index in [1.54, 1.807) is 0 Å². The van der Waals surface area contributed by atoms with Gasteiger partial charge in [-0.2, -0.15) is 16.8 Å². The van der Waals surface area contributed by atoms with Crippen LogP contribution in [0.15, 0.2) is 0 Å². The highest BCUT2D eigenvalue weighted by Gasteiger charge is 2.13. The Balaban J connectivity index is -0.000000105. The molecule has 0 atom stereocenters. The predicted molar refractivity (Wildman–Crippen MR) is 57.3 cm³/mol. The maximum absolute atomic E-state index is 9.51. The number of hydrogen-bond acceptors (Lipinski definition) is 9. The second-order valence-electron chi connectivity index (χ2n) is 2.07. The van der Waals surface area contributed by atoms with Crippen LogP contribution in [0.3, 0.4) is 0 Å². The first-order chi connectivity index (χ1) is 6.62. The van der Waals surface area contributed by atoms with Gasteiger partial charge in [-0.1, -0.05) is 22.0 Å². The lowest BCUT2D eigenvalue weighted by Gasteiger charge is -1.92. The smallest absolute Gasteiger partial charge is 0.396 e. The van der Waals surface area contributed by atoms with Crippen LogP contribution in [0.25, 0.3) is 0 Å². The first-order valence-corrected chi connectivity index (χ1v) is 6.29. The van der Waals surface area contributed by atoms with Crippen LogP contribution in [-0.4, -0.2) is 37.7 Å². The molecule has 0 aliphatic carbocycles. The molecule has 110 valence electrons. The highest BCUT2D eigenvalue weighted by atomic mass is 32.3. The lowest BCUT2D eigenvalue weighted by molar-refractivity contribution is -0.105. The molecule has 0 saturated carbocycles. The fourth-order valence-electron chi connectivity index (χ4n) is 0.228. The zero-order chi connectivity index (χ0) is 12.5. The standard InChI is InChI=1S/C4H10O.2H3N.H2O8S2/c1-2-3-4-5;;;1-9(2,3)7-8-10(4,5)6/h5H,2-4H2,1H3;2*1H3;(H,1,2,3)(H,4,5,6). The Bertz CT molecular complexity index is 302. The van der Waals surface area contributed by atoms with Gasteiger partial charge < -0.3 is 17.4 Å². The first kappa shape index (κ1) is 25.5. The molecule has 0 aliphatic heterocycles. The van der Waals surface area contributed by atoms with Crippen LogP contribution in [-0.2, 0) is 29.5 Å². The van der Waals surface area contributed by atoms with Crippen LogP contribution in [0, 0.1) is 0 Å². The van der Waals surface area contributed by atoms with Crippen LogP contribution in [0.1, 0.15) is 19.8 Å². The fourth-order valence-corrected chi connectivity index (χ4v) is 0.790. The highest BCUT2D eigenvalue weighted by Crippen LogP contribution is 1.92. The van der Waals surface area contributed by atoms with E-state index in [2.05, 4.69) is 15.6 Å². The molecule has 0 radical (unpaired) electrons. The zero-order valence-electron chi connectivity index (χ0n) is 9.14. The minimum absolute atomic E-state index is 0. The van der Waals surface area contributed by atoms with Crippen molar-refractivity contribution in [3.63, 3.8) is 0 Å². The summed E-state index contributed by atoms with van der Waals surface area (Å²) in [5.74, 6) is 0. The summed E-state index contributed by atoms with van der Waals surface area (Å²) in [6.07, 6.45) is 2.04. The van der Waals surface area contributed by atoms with E-state index in [1.807, 2.05) is 0 Å². The molecule has 17 heavy (non-hydrogen) atoms. The van der Waals surface area contributed by atoms with Crippen LogP contribution < -0.4 is 12.3 Å². The van der Waals surface area contributed by atoms with Crippen molar-refractivity contribution in [3.8, 4) is 0 Å². The molecule has 13 heteroatoms. The van der Waals surface area contributed by atoms with Gasteiger partial charge in [0.1, 0.15) is 0 Å². The van der Waals surface area contributed by atoms with Gasteiger partial charge in [-0.25, -0.2) is 0 Å². The normalized spacial score (nSPS) is 10.4. The second kappa shape index (κ2) is 12.1. The van der Waals surface area contributed by atoms with Gasteiger partial charge in [0.15, 0.2) is 0 Å². The summed E-state index contributed by atoms with van der Waals surface area (Å²) in [7, 11) is -10.0. The van der Waals surface area contributed by atoms with E-state index in [-0.39, 0.29) is 12.3 Å². The predicted octanol–water partition coefficient (Wildman–Crippen LogP) is -0.357. The summed E-state index contributed by atoms with van der Waals surface area (Å²) in [5, 5.41) is 8.07. The van der Waals surface area contributed by atoms with Crippen molar-refractivity contribution in [2.75, 3.05) is 6.61 Å². The van der Waals surface area contributed by atoms with E-state index in [1.165, 1.54) is 0 Å². The molecule has 0 aromatic heterocycles. The molecule has 0 bridgehead atoms. The maximum atomic E-state index is 9.51. The van der Waals surface area contributed by atoms with Crippen molar-refractivity contribution in [2.45, 2.75) is 19.8 Å². The van der Waals surface area contributed by atoms with Crippen LogP contribution in [0.4, 0.5) is 0 Å². The molecule has 11 nitrogen and oxygen atoms in total. The summed E-state index contributed by atoms with van der Waals surface area (Å²) >= 11 is 0. The number of rotatable bonds is 5. The monoisotopic (exact) mass is 302 g/mol. The van der Waals surface area contributed by atoms with E-state index in [0.717, 1.165) is 12.8 Å². The molecule has 0 heterocycles. The fraction of sp³-hybridized carbons (Fsp3) is 1.00. The Kier molecular flexibility index (Phi) is 18.1. The molecule has 0 aromatic rings. The van der Waals surface area contributed by atoms with Gasteiger partial charge in [-0.3, -0.25) is 9.11 Å². The van der Waals surface area contributed by atoms with Crippen molar-refractivity contribution in [1.29, 1.82) is 0 Å². The largest absolute Gasteiger partial charge is 0.425 e. The van der Waals surface area contributed by atoms with E-state index in [9.17, 15) is 16.8 Å². The SMILES string of the molecule is CCCCO.N.N.O=S(=O)(O)OOS(=O)(=O)O. The van der Waals surface area contributed by atoms with Crippen LogP contribution in [0.2, 0.25) is 0 Å². The Morgan fingerprint density at radius 1 is 0.941 bits per heavy atom. The average molecular weight is 302 g/mol. The average Bonchev–Trinajstić information content (AvgIpc) is 2.01. The summed E-state index contributed by atoms with van der Waals surface area (Å²) in [6, 6.07) is 0. The minimum Gasteiger partial charge on any atom is -0.396 e. The Morgan fingerprint density at radius 3 is 1.29 bits per heavy atom. The molecule has 0 aromatic carbocycles. The number of unbranched alkanes of at least 4 members (excludes halogenated alkanes) is 1. The van der Waals surface area contributed by atoms with Gasteiger partial charge in [0, 0.05) is 6.61 Å². The van der Waals surface area contributed by atoms with E-state index < -0.39 is 20.8 Å². The topological polar surface area (TPSA) is 217 Å². The van der Waals surface area contributed by atoms with Gasteiger partial charge in [0.25, 0.3) is 0 Å². The summed E-state index contributed by atoms with van der Waals surface area (Å²) in [5.41, 5.74) is 0.